The third-order valence-corrected chi connectivity index (χ3v) is 8.71. The summed E-state index contributed by atoms with van der Waals surface area (Å²) >= 11 is 0. The van der Waals surface area contributed by atoms with Crippen LogP contribution in [-0.4, -0.2) is 73.8 Å². The van der Waals surface area contributed by atoms with Crippen molar-refractivity contribution in [3.05, 3.63) is 136 Å². The van der Waals surface area contributed by atoms with Crippen molar-refractivity contribution in [2.24, 2.45) is 7.05 Å². The highest BCUT2D eigenvalue weighted by Gasteiger charge is 2.33. The highest BCUT2D eigenvalue weighted by molar-refractivity contribution is 7.85. The lowest BCUT2D eigenvalue weighted by molar-refractivity contribution is -0.885. The summed E-state index contributed by atoms with van der Waals surface area (Å²) in [5.74, 6) is -0.335. The van der Waals surface area contributed by atoms with Crippen molar-refractivity contribution in [2.75, 3.05) is 21.1 Å². The Kier molecular flexibility index (Phi) is 11.3. The Labute approximate surface area is 313 Å². The summed E-state index contributed by atoms with van der Waals surface area (Å²) in [4.78, 5) is 31.1. The van der Waals surface area contributed by atoms with Crippen molar-refractivity contribution in [3.8, 4) is 22.8 Å². The summed E-state index contributed by atoms with van der Waals surface area (Å²) in [6.07, 6.45) is -3.20. The van der Waals surface area contributed by atoms with Gasteiger partial charge in [-0.05, 0) is 55.5 Å². The maximum Gasteiger partial charge on any atom is 0.416 e. The van der Waals surface area contributed by atoms with E-state index >= 15 is 0 Å². The van der Waals surface area contributed by atoms with E-state index in [1.807, 2.05) is 21.1 Å². The van der Waals surface area contributed by atoms with Gasteiger partial charge in [0, 0.05) is 7.05 Å². The molecule has 0 saturated carbocycles. The van der Waals surface area contributed by atoms with E-state index in [4.69, 9.17) is 11.0 Å². The molecule has 0 aliphatic heterocycles. The molecule has 15 nitrogen and oxygen atoms in total. The molecule has 6 aromatic rings. The fourth-order valence-corrected chi connectivity index (χ4v) is 5.88. The number of carbonyl (C=O) groups excluding carboxylic acids is 1. The number of carbonyl (C=O) groups is 1. The molecule has 1 N–H and O–H groups in total. The highest BCUT2D eigenvalue weighted by Crippen LogP contribution is 2.32. The minimum absolute atomic E-state index is 0.0881. The number of benzene rings is 3. The summed E-state index contributed by atoms with van der Waals surface area (Å²) < 4.78 is 81.7. The summed E-state index contributed by atoms with van der Waals surface area (Å²) in [7, 11) is 3.06. The summed E-state index contributed by atoms with van der Waals surface area (Å²) in [5, 5.41) is 15.2. The molecule has 1 amide bonds. The van der Waals surface area contributed by atoms with Crippen molar-refractivity contribution < 1.29 is 39.8 Å². The highest BCUT2D eigenvalue weighted by atomic mass is 32.2. The molecule has 0 unspecified atom stereocenters. The Morgan fingerprint density at radius 1 is 1.00 bits per heavy atom. The molecule has 3 aromatic heterocycles. The first-order valence-electron chi connectivity index (χ1n) is 16.2. The monoisotopic (exact) mass is 777 g/mol. The maximum atomic E-state index is 14.0. The lowest BCUT2D eigenvalue weighted by Crippen LogP contribution is -2.33. The molecule has 0 saturated heterocycles. The smallest absolute Gasteiger partial charge is 0.416 e. The second-order valence-corrected chi connectivity index (χ2v) is 14.5. The molecule has 286 valence electrons. The van der Waals surface area contributed by atoms with Crippen LogP contribution in [0.15, 0.2) is 105 Å². The van der Waals surface area contributed by atoms with Crippen molar-refractivity contribution in [1.29, 1.82) is 0 Å². The number of halogens is 3. The number of aromatic nitrogens is 6. The predicted molar refractivity (Wildman–Crippen MR) is 191 cm³/mol. The van der Waals surface area contributed by atoms with Crippen LogP contribution in [0.5, 0.6) is 0 Å². The normalized spacial score (nSPS) is 12.4. The predicted octanol–water partition coefficient (Wildman–Crippen LogP) is 5.27. The van der Waals surface area contributed by atoms with Crippen molar-refractivity contribution in [1.82, 2.24) is 34.7 Å². The number of amides is 1. The van der Waals surface area contributed by atoms with E-state index < -0.39 is 39.4 Å². The van der Waals surface area contributed by atoms with Crippen LogP contribution in [0, 0.1) is 6.57 Å². The third-order valence-electron chi connectivity index (χ3n) is 7.86. The Morgan fingerprint density at radius 3 is 2.25 bits per heavy atom. The lowest BCUT2D eigenvalue weighted by atomic mass is 10.1. The van der Waals surface area contributed by atoms with Gasteiger partial charge in [-0.25, -0.2) is 22.6 Å². The van der Waals surface area contributed by atoms with Gasteiger partial charge < -0.3 is 18.8 Å². The number of nitrogens with one attached hydrogen (secondary N) is 1. The molecule has 3 heterocycles. The lowest BCUT2D eigenvalue weighted by Gasteiger charge is -2.21. The topological polar surface area (TPSA) is 174 Å². The van der Waals surface area contributed by atoms with Gasteiger partial charge in [-0.1, -0.05) is 36.4 Å². The van der Waals surface area contributed by atoms with Crippen LogP contribution in [0.3, 0.4) is 0 Å². The van der Waals surface area contributed by atoms with Gasteiger partial charge in [0.25, 0.3) is 17.4 Å². The molecule has 3 aromatic carbocycles. The van der Waals surface area contributed by atoms with Crippen molar-refractivity contribution in [2.45, 2.75) is 30.6 Å². The first kappa shape index (κ1) is 39.8. The first-order valence-corrected chi connectivity index (χ1v) is 17.7. The fraction of sp³-hybridized carbons (Fsp3) is 0.222. The number of quaternary nitrogens is 1. The molecule has 0 aliphatic carbocycles. The van der Waals surface area contributed by atoms with E-state index in [-0.39, 0.29) is 27.7 Å². The molecule has 19 heteroatoms. The Bertz CT molecular complexity index is 2530. The molecule has 0 fully saturated rings. The number of alkyl halides is 3. The molecule has 6 rings (SSSR count). The van der Waals surface area contributed by atoms with Gasteiger partial charge in [0.15, 0.2) is 12.2 Å². The number of rotatable bonds is 9. The minimum Gasteiger partial charge on any atom is -0.744 e. The van der Waals surface area contributed by atoms with Crippen LogP contribution < -0.4 is 10.9 Å². The van der Waals surface area contributed by atoms with Crippen LogP contribution in [0.4, 0.5) is 18.9 Å². The van der Waals surface area contributed by atoms with Crippen LogP contribution in [-0.2, 0) is 29.9 Å². The second kappa shape index (κ2) is 15.5. The molecule has 0 bridgehead atoms. The van der Waals surface area contributed by atoms with E-state index in [1.165, 1.54) is 59.0 Å². The van der Waals surface area contributed by atoms with E-state index in [1.54, 1.807) is 43.3 Å². The van der Waals surface area contributed by atoms with Crippen molar-refractivity contribution in [3.63, 3.8) is 0 Å². The molecular weight excluding hydrogens is 744 g/mol. The number of hydrogen-bond acceptors (Lipinski definition) is 9. The van der Waals surface area contributed by atoms with E-state index in [0.29, 0.717) is 34.0 Å². The Balaban J connectivity index is 0.000000504. The van der Waals surface area contributed by atoms with Gasteiger partial charge in [0.05, 0.1) is 61.4 Å². The minimum atomic E-state index is -4.66. The molecule has 55 heavy (non-hydrogen) atoms. The zero-order valence-electron chi connectivity index (χ0n) is 30.0. The average Bonchev–Trinajstić information content (AvgIpc) is 3.85. The Morgan fingerprint density at radius 2 is 1.67 bits per heavy atom. The van der Waals surface area contributed by atoms with E-state index in [2.05, 4.69) is 25.5 Å². The summed E-state index contributed by atoms with van der Waals surface area (Å²) in [5.41, 5.74) is -0.939. The van der Waals surface area contributed by atoms with E-state index in [0.717, 1.165) is 16.8 Å². The largest absolute Gasteiger partial charge is 0.744 e. The molecule has 0 spiro atoms. The molecule has 0 aliphatic rings. The Hall–Kier alpha value is -6.36. The van der Waals surface area contributed by atoms with Crippen LogP contribution in [0.2, 0.25) is 0 Å². The van der Waals surface area contributed by atoms with Crippen molar-refractivity contribution >= 4 is 21.7 Å². The van der Waals surface area contributed by atoms with Crippen LogP contribution in [0.25, 0.3) is 27.6 Å². The molecule has 1 atom stereocenters. The fourth-order valence-electron chi connectivity index (χ4n) is 5.39. The maximum absolute atomic E-state index is 14.0. The average molecular weight is 778 g/mol. The quantitative estimate of drug-likeness (QED) is 0.117. The SMILES string of the molecule is O=S(=O)([O-])c1ccccc1.[C-]#[N+]c1ccc(-n2nccc2-c2c(C(=O)N[C@@H](C)c3nnc(C[N+](C)(C)C)o3)c(=O)n(-c3cccc(C(F)(F)F)c3)n2C)cc1. The first-order chi connectivity index (χ1) is 25.8. The van der Waals surface area contributed by atoms with Gasteiger partial charge in [0.2, 0.25) is 5.89 Å². The number of hydrogen-bond donors (Lipinski definition) is 1. The third kappa shape index (κ3) is 9.24. The molecular formula is C36H34F3N9O6S. The van der Waals surface area contributed by atoms with Gasteiger partial charge >= 0.3 is 6.18 Å². The standard InChI is InChI=1S/C30H28F3N9O3.C6H6O3S/c1-18(28-38-37-24(45-28)17-42(4,5)6)36-27(43)25-26(23-14-15-35-40(23)21-12-10-20(34-2)11-13-21)39(3)41(29(25)44)22-9-7-8-19(16-22)30(31,32)33;7-10(8,9)6-4-2-1-3-5-6/h7-16,18H,17H2,1,3-6H3;1-5H,(H,7,8,9)/t18-;/m0./s1. The molecule has 0 radical (unpaired) electrons. The zero-order chi connectivity index (χ0) is 40.3. The zero-order valence-corrected chi connectivity index (χ0v) is 30.8. The van der Waals surface area contributed by atoms with Gasteiger partial charge in [-0.2, -0.15) is 18.3 Å². The summed E-state index contributed by atoms with van der Waals surface area (Å²) in [6.45, 7) is 9.27. The van der Waals surface area contributed by atoms with Gasteiger partial charge in [-0.3, -0.25) is 14.3 Å². The van der Waals surface area contributed by atoms with Gasteiger partial charge in [-0.15, -0.1) is 10.2 Å². The summed E-state index contributed by atoms with van der Waals surface area (Å²) in [6, 6.07) is 18.7. The van der Waals surface area contributed by atoms with Crippen LogP contribution in [0.1, 0.15) is 40.7 Å². The van der Waals surface area contributed by atoms with Gasteiger partial charge in [0.1, 0.15) is 27.4 Å². The second-order valence-electron chi connectivity index (χ2n) is 13.1. The number of nitrogens with zero attached hydrogens (tertiary/aromatic N) is 8. The van der Waals surface area contributed by atoms with Crippen LogP contribution >= 0.6 is 0 Å². The van der Waals surface area contributed by atoms with E-state index in [9.17, 15) is 35.7 Å².